The van der Waals surface area contributed by atoms with Crippen LogP contribution in [0.1, 0.15) is 174 Å². The summed E-state index contributed by atoms with van der Waals surface area (Å²) >= 11 is -2.71. The highest BCUT2D eigenvalue weighted by Crippen LogP contribution is 2.14. The molecule has 2 unspecified atom stereocenters. The van der Waals surface area contributed by atoms with E-state index in [-0.39, 0.29) is 13.2 Å². The Morgan fingerprint density at radius 1 is 0.538 bits per heavy atom. The first kappa shape index (κ1) is 38.0. The van der Waals surface area contributed by atoms with Gasteiger partial charge in [-0.1, -0.05) is 155 Å². The quantitative estimate of drug-likeness (QED) is 0.0483. The molecule has 0 saturated carbocycles. The molecule has 2 atom stereocenters. The minimum atomic E-state index is -2.71. The summed E-state index contributed by atoms with van der Waals surface area (Å²) in [7, 11) is 0. The van der Waals surface area contributed by atoms with Crippen molar-refractivity contribution < 1.29 is 27.8 Å². The van der Waals surface area contributed by atoms with E-state index in [1.54, 1.807) is 0 Å². The van der Waals surface area contributed by atoms with Gasteiger partial charge in [-0.15, -0.1) is 0 Å². The van der Waals surface area contributed by atoms with Gasteiger partial charge >= 0.3 is 11.9 Å². The first-order chi connectivity index (χ1) is 19.0. The van der Waals surface area contributed by atoms with Crippen molar-refractivity contribution in [1.29, 1.82) is 0 Å². The Morgan fingerprint density at radius 3 is 1.18 bits per heavy atom. The number of rotatable bonds is 30. The Balaban J connectivity index is 3.70. The molecular formula is C32H61O6S-. The zero-order chi connectivity index (χ0) is 28.8. The topological polar surface area (TPSA) is 92.7 Å². The first-order valence-corrected chi connectivity index (χ1v) is 17.6. The summed E-state index contributed by atoms with van der Waals surface area (Å²) in [6.45, 7) is 4.94. The maximum atomic E-state index is 12.2. The largest absolute Gasteiger partial charge is 0.772 e. The van der Waals surface area contributed by atoms with Crippen molar-refractivity contribution in [2.24, 2.45) is 0 Å². The van der Waals surface area contributed by atoms with Crippen molar-refractivity contribution in [1.82, 2.24) is 0 Å². The Bertz CT molecular complexity index is 583. The van der Waals surface area contributed by atoms with E-state index in [2.05, 4.69) is 13.8 Å². The van der Waals surface area contributed by atoms with Crippen LogP contribution >= 0.6 is 0 Å². The minimum Gasteiger partial charge on any atom is -0.772 e. The predicted molar refractivity (Wildman–Crippen MR) is 161 cm³/mol. The summed E-state index contributed by atoms with van der Waals surface area (Å²) in [5.41, 5.74) is 0. The number of unbranched alkanes of at least 4 members (excludes halogenated alkanes) is 22. The Morgan fingerprint density at radius 2 is 0.846 bits per heavy atom. The van der Waals surface area contributed by atoms with Crippen LogP contribution in [0.15, 0.2) is 0 Å². The van der Waals surface area contributed by atoms with E-state index in [9.17, 15) is 18.4 Å². The highest BCUT2D eigenvalue weighted by molar-refractivity contribution is 7.80. The maximum Gasteiger partial charge on any atom is 0.321 e. The van der Waals surface area contributed by atoms with Gasteiger partial charge in [-0.05, 0) is 23.9 Å². The average Bonchev–Trinajstić information content (AvgIpc) is 2.92. The van der Waals surface area contributed by atoms with E-state index < -0.39 is 34.7 Å². The Labute approximate surface area is 243 Å². The Kier molecular flexibility index (Phi) is 29.3. The molecule has 0 aliphatic heterocycles. The molecule has 0 N–H and O–H groups in total. The molecule has 0 fully saturated rings. The summed E-state index contributed by atoms with van der Waals surface area (Å²) in [6, 6.07) is 0. The van der Waals surface area contributed by atoms with Crippen molar-refractivity contribution in [3.05, 3.63) is 0 Å². The number of esters is 2. The third kappa shape index (κ3) is 27.0. The lowest BCUT2D eigenvalue weighted by atomic mass is 10.1. The van der Waals surface area contributed by atoms with Crippen LogP contribution < -0.4 is 0 Å². The van der Waals surface area contributed by atoms with Gasteiger partial charge in [-0.25, -0.2) is 0 Å². The number of ether oxygens (including phenoxy) is 2. The number of hydrogen-bond donors (Lipinski definition) is 0. The second-order valence-corrected chi connectivity index (χ2v) is 12.2. The molecule has 0 bridgehead atoms. The summed E-state index contributed by atoms with van der Waals surface area (Å²) in [6.07, 6.45) is 28.6. The second-order valence-electron chi connectivity index (χ2n) is 11.1. The van der Waals surface area contributed by atoms with Gasteiger partial charge < -0.3 is 14.0 Å². The molecular weight excluding hydrogens is 512 g/mol. The van der Waals surface area contributed by atoms with E-state index in [0.29, 0.717) is 6.42 Å². The highest BCUT2D eigenvalue weighted by atomic mass is 32.2. The predicted octanol–water partition coefficient (Wildman–Crippen LogP) is 9.11. The molecule has 0 rings (SSSR count). The number of carbonyl (C=O) groups is 2. The van der Waals surface area contributed by atoms with Gasteiger partial charge in [0.1, 0.15) is 5.25 Å². The number of carbonyl (C=O) groups excluding carboxylic acids is 2. The molecule has 232 valence electrons. The molecule has 0 radical (unpaired) electrons. The summed E-state index contributed by atoms with van der Waals surface area (Å²) in [5.74, 6) is -1.51. The number of hydrogen-bond acceptors (Lipinski definition) is 6. The van der Waals surface area contributed by atoms with Crippen molar-refractivity contribution in [2.75, 3.05) is 13.2 Å². The smallest absolute Gasteiger partial charge is 0.321 e. The molecule has 6 nitrogen and oxygen atoms in total. The third-order valence-electron chi connectivity index (χ3n) is 7.35. The molecule has 7 heteroatoms. The van der Waals surface area contributed by atoms with Crippen molar-refractivity contribution in [3.8, 4) is 0 Å². The van der Waals surface area contributed by atoms with Gasteiger partial charge in [-0.3, -0.25) is 13.8 Å². The zero-order valence-electron chi connectivity index (χ0n) is 25.5. The van der Waals surface area contributed by atoms with E-state index in [1.165, 1.54) is 116 Å². The summed E-state index contributed by atoms with van der Waals surface area (Å²) < 4.78 is 33.3. The van der Waals surface area contributed by atoms with Crippen LogP contribution in [0.25, 0.3) is 0 Å². The molecule has 0 aromatic rings. The molecule has 0 aromatic heterocycles. The lowest BCUT2D eigenvalue weighted by Gasteiger charge is -2.17. The van der Waals surface area contributed by atoms with Crippen LogP contribution in [0.5, 0.6) is 0 Å². The molecule has 0 heterocycles. The fourth-order valence-corrected chi connectivity index (χ4v) is 5.28. The average molecular weight is 574 g/mol. The molecule has 0 aliphatic carbocycles. The van der Waals surface area contributed by atoms with Gasteiger partial charge in [0.15, 0.2) is 0 Å². The lowest BCUT2D eigenvalue weighted by Crippen LogP contribution is -2.31. The summed E-state index contributed by atoms with van der Waals surface area (Å²) in [4.78, 5) is 24.2. The Hall–Kier alpha value is -0.950. The van der Waals surface area contributed by atoms with Crippen LogP contribution in [0.3, 0.4) is 0 Å². The van der Waals surface area contributed by atoms with Crippen molar-refractivity contribution in [2.45, 2.75) is 180 Å². The first-order valence-electron chi connectivity index (χ1n) is 16.4. The van der Waals surface area contributed by atoms with E-state index in [1.807, 2.05) is 0 Å². The van der Waals surface area contributed by atoms with E-state index in [4.69, 9.17) is 9.47 Å². The second kappa shape index (κ2) is 30.0. The molecule has 0 aromatic carbocycles. The third-order valence-corrected chi connectivity index (χ3v) is 8.17. The molecule has 39 heavy (non-hydrogen) atoms. The van der Waals surface area contributed by atoms with Gasteiger partial charge in [0.05, 0.1) is 19.6 Å². The van der Waals surface area contributed by atoms with Gasteiger partial charge in [0, 0.05) is 0 Å². The standard InChI is InChI=1S/C32H62O6S/c1-3-5-7-9-11-13-15-17-19-21-23-25-27-37-31(33)29-30(39(35)36)32(34)38-28-26-24-22-20-18-16-14-12-10-8-6-4-2/h30H,3-29H2,1-2H3,(H,35,36)/p-1. The highest BCUT2D eigenvalue weighted by Gasteiger charge is 2.25. The molecule has 0 amide bonds. The lowest BCUT2D eigenvalue weighted by molar-refractivity contribution is -0.150. The van der Waals surface area contributed by atoms with Crippen LogP contribution in [-0.2, 0) is 30.1 Å². The van der Waals surface area contributed by atoms with Gasteiger partial charge in [-0.2, -0.15) is 0 Å². The fraction of sp³-hybridized carbons (Fsp3) is 0.938. The fourth-order valence-electron chi connectivity index (χ4n) is 4.78. The van der Waals surface area contributed by atoms with E-state index >= 15 is 0 Å². The molecule has 0 aliphatic rings. The van der Waals surface area contributed by atoms with Crippen LogP contribution in [0, 0.1) is 0 Å². The van der Waals surface area contributed by atoms with Gasteiger partial charge in [0.25, 0.3) is 0 Å². The molecule has 0 spiro atoms. The SMILES string of the molecule is CCCCCCCCCCCCCCOC(=O)CC(C(=O)OCCCCCCCCCCCCCC)S(=O)[O-]. The molecule has 0 saturated heterocycles. The monoisotopic (exact) mass is 573 g/mol. The normalized spacial score (nSPS) is 12.8. The van der Waals surface area contributed by atoms with Crippen molar-refractivity contribution >= 4 is 23.0 Å². The maximum absolute atomic E-state index is 12.2. The van der Waals surface area contributed by atoms with Gasteiger partial charge in [0.2, 0.25) is 0 Å². The van der Waals surface area contributed by atoms with Crippen LogP contribution in [0.4, 0.5) is 0 Å². The van der Waals surface area contributed by atoms with E-state index in [0.717, 1.165) is 32.1 Å². The van der Waals surface area contributed by atoms with Crippen LogP contribution in [0.2, 0.25) is 0 Å². The zero-order valence-corrected chi connectivity index (χ0v) is 26.3. The summed E-state index contributed by atoms with van der Waals surface area (Å²) in [5, 5.41) is -1.49. The van der Waals surface area contributed by atoms with Crippen molar-refractivity contribution in [3.63, 3.8) is 0 Å². The van der Waals surface area contributed by atoms with Crippen LogP contribution in [-0.4, -0.2) is 39.2 Å². The minimum absolute atomic E-state index is 0.192.